The Labute approximate surface area is 421 Å². The van der Waals surface area contributed by atoms with Crippen molar-refractivity contribution >= 4 is 63.4 Å². The third-order valence-electron chi connectivity index (χ3n) is 6.13. The van der Waals surface area contributed by atoms with Crippen LogP contribution in [0.2, 0.25) is 0 Å². The topological polar surface area (TPSA) is 434 Å². The summed E-state index contributed by atoms with van der Waals surface area (Å²) in [6.07, 6.45) is 11.9. The maximum Gasteiger partial charge on any atom is 0.333 e. The van der Waals surface area contributed by atoms with Crippen molar-refractivity contribution < 1.29 is 77.7 Å². The maximum atomic E-state index is 11.1. The third-order valence-corrected chi connectivity index (χ3v) is 6.13. The number of esters is 8. The first-order valence-corrected chi connectivity index (χ1v) is 21.2. The molecule has 0 rings (SSSR count). The molecule has 0 saturated heterocycles. The number of hydrogen-bond acceptors (Lipinski definition) is 26. The lowest BCUT2D eigenvalue weighted by Gasteiger charge is -2.08. The number of hydrogen-bond donors (Lipinski definition) is 10. The second kappa shape index (κ2) is 73.0. The van der Waals surface area contributed by atoms with Crippen LogP contribution in [-0.4, -0.2) is 176 Å². The minimum absolute atomic E-state index is 0. The van der Waals surface area contributed by atoms with Crippen LogP contribution in [0, 0.1) is 24.5 Å². The van der Waals surface area contributed by atoms with Gasteiger partial charge in [0.05, 0.1) is 38.5 Å². The summed E-state index contributed by atoms with van der Waals surface area (Å²) in [5, 5.41) is 16.8. The Bertz CT molecular complexity index is 1230. The monoisotopic (exact) mass is 1020 g/mol. The van der Waals surface area contributed by atoms with Crippen molar-refractivity contribution in [3.05, 3.63) is 36.8 Å². The number of rotatable bonds is 34. The average Bonchev–Trinajstić information content (AvgIpc) is 3.33. The first-order chi connectivity index (χ1) is 34.1. The summed E-state index contributed by atoms with van der Waals surface area (Å²) in [6, 6.07) is 0. The van der Waals surface area contributed by atoms with Crippen LogP contribution in [0.1, 0.15) is 53.8 Å². The van der Waals surface area contributed by atoms with Crippen molar-refractivity contribution in [1.29, 1.82) is 0 Å². The van der Waals surface area contributed by atoms with E-state index in [0.29, 0.717) is 52.6 Å². The van der Waals surface area contributed by atoms with Gasteiger partial charge in [0, 0.05) is 72.9 Å². The smallest absolute Gasteiger partial charge is 0.333 e. The van der Waals surface area contributed by atoms with Crippen LogP contribution in [-0.2, 0) is 76.3 Å². The molecule has 0 atom stereocenters. The Balaban J connectivity index is -0.000000120. The van der Waals surface area contributed by atoms with Gasteiger partial charge in [-0.25, -0.2) is 9.59 Å². The molecular weight excluding hydrogens is 938 g/mol. The zero-order valence-corrected chi connectivity index (χ0v) is 41.0. The summed E-state index contributed by atoms with van der Waals surface area (Å²) < 4.78 is 36.6. The van der Waals surface area contributed by atoms with Crippen LogP contribution >= 0.6 is 0 Å². The van der Waals surface area contributed by atoms with Crippen molar-refractivity contribution in [1.82, 2.24) is 31.9 Å². The molecule has 0 aromatic heterocycles. The van der Waals surface area contributed by atoms with Gasteiger partial charge in [-0.05, 0) is 13.1 Å². The van der Waals surface area contributed by atoms with Gasteiger partial charge in [0.2, 0.25) is 27.2 Å². The highest BCUT2D eigenvalue weighted by Crippen LogP contribution is 1.92. The quantitative estimate of drug-likeness (QED) is 0.00579. The van der Waals surface area contributed by atoms with Crippen LogP contribution in [0.4, 0.5) is 0 Å². The van der Waals surface area contributed by atoms with Gasteiger partial charge in [0.1, 0.15) is 0 Å². The second-order valence-corrected chi connectivity index (χ2v) is 11.4. The summed E-state index contributed by atoms with van der Waals surface area (Å²) in [4.78, 5) is 86.9. The number of terminal acetylenes is 2. The molecular formula is C41H78B2N12O16-2. The van der Waals surface area contributed by atoms with Gasteiger partial charge >= 0.3 is 47.8 Å². The van der Waals surface area contributed by atoms with E-state index in [0.717, 1.165) is 25.2 Å². The number of ether oxygens (including phenoxy) is 8. The van der Waals surface area contributed by atoms with Gasteiger partial charge in [-0.2, -0.15) is 11.6 Å². The fraction of sp³-hybridized carbons (Fsp3) is 0.610. The highest BCUT2D eigenvalue weighted by Gasteiger charge is 2.08. The van der Waals surface area contributed by atoms with E-state index in [-0.39, 0.29) is 92.3 Å². The van der Waals surface area contributed by atoms with E-state index >= 15 is 0 Å². The molecule has 0 aromatic rings. The molecule has 0 saturated carbocycles. The van der Waals surface area contributed by atoms with E-state index in [1.54, 1.807) is 11.6 Å². The van der Waals surface area contributed by atoms with Crippen molar-refractivity contribution in [2.45, 2.75) is 52.4 Å². The zero-order valence-electron chi connectivity index (χ0n) is 41.0. The molecule has 30 heteroatoms. The molecule has 0 heterocycles. The fourth-order valence-corrected chi connectivity index (χ4v) is 3.06. The Morgan fingerprint density at radius 3 is 0.859 bits per heavy atom. The summed E-state index contributed by atoms with van der Waals surface area (Å²) in [6.45, 7) is 14.1. The molecule has 0 aliphatic carbocycles. The Morgan fingerprint density at radius 1 is 0.479 bits per heavy atom. The molecule has 0 aliphatic rings. The van der Waals surface area contributed by atoms with Crippen LogP contribution < -0.4 is 54.8 Å². The van der Waals surface area contributed by atoms with Gasteiger partial charge < -0.3 is 104 Å². The number of carbonyl (C=O) groups excluding carboxylic acids is 8. The Hall–Kier alpha value is -5.99. The molecule has 0 aliphatic heterocycles. The van der Waals surface area contributed by atoms with Crippen LogP contribution in [0.3, 0.4) is 0 Å². The molecule has 0 fully saturated rings. The molecule has 0 spiro atoms. The van der Waals surface area contributed by atoms with E-state index in [1.807, 2.05) is 13.8 Å². The Kier molecular flexibility index (Phi) is 81.4. The summed E-state index contributed by atoms with van der Waals surface area (Å²) in [5.41, 5.74) is 33.1. The largest absolute Gasteiger partial charge is 0.665 e. The summed E-state index contributed by atoms with van der Waals surface area (Å²) in [7, 11) is 8.75. The fourth-order valence-electron chi connectivity index (χ4n) is 3.06. The lowest BCUT2D eigenvalue weighted by Crippen LogP contribution is -2.26. The molecule has 0 aromatic carbocycles. The SMILES string of the molecule is C=CC(=O)OCOC(=O)C=C.CCNCCC(=O)OCOC(=O)CCNCC.NCN.NCNCCC(=O)OCOC(=O)CCNCN.[2HH].[B]C#C.[B]C#C.[NH-]CNCCC(=O)OCOC(=O)CCNC[NH-]. The minimum Gasteiger partial charge on any atom is -0.665 e. The normalized spacial score (nSPS) is 8.87. The second-order valence-electron chi connectivity index (χ2n) is 11.4. The number of nitrogens with two attached hydrogens (primary N) is 4. The van der Waals surface area contributed by atoms with Gasteiger partial charge in [0.25, 0.3) is 0 Å². The van der Waals surface area contributed by atoms with Crippen molar-refractivity contribution in [2.24, 2.45) is 22.9 Å². The van der Waals surface area contributed by atoms with E-state index in [9.17, 15) is 38.4 Å². The lowest BCUT2D eigenvalue weighted by molar-refractivity contribution is -0.168. The van der Waals surface area contributed by atoms with Gasteiger partial charge in [0.15, 0.2) is 15.7 Å². The van der Waals surface area contributed by atoms with Gasteiger partial charge in [-0.15, -0.1) is 12.8 Å². The summed E-state index contributed by atoms with van der Waals surface area (Å²) in [5.74, 6) is -0.372. The van der Waals surface area contributed by atoms with Crippen molar-refractivity contribution in [3.63, 3.8) is 0 Å². The first kappa shape index (κ1) is 79.2. The molecule has 28 nitrogen and oxygen atoms in total. The standard InChI is InChI=1S/C11H22N2O4.C9H20N4O4.C9H18N4O4.C7H8O4.2C2HB.CH6N2.H2/c1-3-12-7-5-10(14)16-9-17-11(15)6-8-13-4-2;2*10-5-12-3-1-8(14)16-7-17-9(15)2-4-13-6-11;1-3-6(8)10-5-11-7(9)4-2;2*1-2-3;2-1-3;/h12-13H,3-9H2,1-2H3;12-13H,1-7,10-11H2;10-13H,1-7H2;3-4H,1-2,5H2;2*1H;1-3H2;1H/q;;-2;;;;;/i;;;;;;;1+1. The van der Waals surface area contributed by atoms with E-state index in [4.69, 9.17) is 32.4 Å². The molecule has 0 bridgehead atoms. The number of carbonyl (C=O) groups is 8. The van der Waals surface area contributed by atoms with Crippen LogP contribution in [0.15, 0.2) is 25.3 Å². The zero-order chi connectivity index (χ0) is 55.6. The van der Waals surface area contributed by atoms with Crippen molar-refractivity contribution in [2.75, 3.05) is 113 Å². The van der Waals surface area contributed by atoms with Crippen molar-refractivity contribution in [3.8, 4) is 24.5 Å². The van der Waals surface area contributed by atoms with Crippen LogP contribution in [0.25, 0.3) is 11.5 Å². The van der Waals surface area contributed by atoms with Gasteiger partial charge in [-0.1, -0.05) is 40.3 Å². The minimum atomic E-state index is -0.637. The van der Waals surface area contributed by atoms with Gasteiger partial charge in [-0.3, -0.25) is 28.8 Å². The van der Waals surface area contributed by atoms with Crippen LogP contribution in [0.5, 0.6) is 0 Å². The highest BCUT2D eigenvalue weighted by molar-refractivity contribution is 6.22. The summed E-state index contributed by atoms with van der Waals surface area (Å²) >= 11 is 0. The molecule has 406 valence electrons. The third kappa shape index (κ3) is 91.0. The van der Waals surface area contributed by atoms with E-state index in [2.05, 4.69) is 113 Å². The first-order valence-electron chi connectivity index (χ1n) is 21.2. The van der Waals surface area contributed by atoms with E-state index in [1.165, 1.54) is 0 Å². The Morgan fingerprint density at radius 2 is 0.676 bits per heavy atom. The highest BCUT2D eigenvalue weighted by atomic mass is 16.7. The van der Waals surface area contributed by atoms with E-state index < -0.39 is 42.6 Å². The molecule has 0 unspecified atom stereocenters. The molecule has 16 N–H and O–H groups in total. The number of nitrogens with one attached hydrogen (secondary N) is 8. The molecule has 71 heavy (non-hydrogen) atoms. The lowest BCUT2D eigenvalue weighted by atomic mass is 10.2. The predicted molar refractivity (Wildman–Crippen MR) is 266 cm³/mol. The predicted octanol–water partition coefficient (Wildman–Crippen LogP) is -3.14. The maximum absolute atomic E-state index is 11.1. The molecule has 0 amide bonds. The molecule has 4 radical (unpaired) electrons. The average molecular weight is 1020 g/mol.